The summed E-state index contributed by atoms with van der Waals surface area (Å²) in [6.45, 7) is 6.65. The monoisotopic (exact) mass is 299 g/mol. The minimum Gasteiger partial charge on any atom is -0.336 e. The maximum absolute atomic E-state index is 12.3. The van der Waals surface area contributed by atoms with Crippen LogP contribution >= 0.6 is 0 Å². The van der Waals surface area contributed by atoms with Crippen LogP contribution in [0.4, 0.5) is 0 Å². The normalized spacial score (nSPS) is 16.2. The lowest BCUT2D eigenvalue weighted by Crippen LogP contribution is -2.50. The number of hydrogen-bond acceptors (Lipinski definition) is 4. The summed E-state index contributed by atoms with van der Waals surface area (Å²) in [5.41, 5.74) is 2.43. The largest absolute Gasteiger partial charge is 0.336 e. The molecule has 1 fully saturated rings. The van der Waals surface area contributed by atoms with E-state index in [4.69, 9.17) is 0 Å². The van der Waals surface area contributed by atoms with Gasteiger partial charge in [-0.05, 0) is 12.5 Å². The van der Waals surface area contributed by atoms with Crippen LogP contribution in [0.25, 0.3) is 0 Å². The van der Waals surface area contributed by atoms with Crippen LogP contribution in [-0.4, -0.2) is 56.7 Å². The summed E-state index contributed by atoms with van der Waals surface area (Å²) in [6, 6.07) is 8.35. The van der Waals surface area contributed by atoms with Crippen LogP contribution in [0.1, 0.15) is 11.1 Å². The number of aromatic nitrogens is 3. The van der Waals surface area contributed by atoms with Gasteiger partial charge in [-0.3, -0.25) is 9.69 Å². The second kappa shape index (κ2) is 6.70. The molecule has 1 aliphatic heterocycles. The van der Waals surface area contributed by atoms with Gasteiger partial charge in [-0.2, -0.15) is 0 Å². The summed E-state index contributed by atoms with van der Waals surface area (Å²) in [5.74, 6) is 0.205. The maximum atomic E-state index is 12.3. The quantitative estimate of drug-likeness (QED) is 0.824. The molecule has 3 rings (SSSR count). The van der Waals surface area contributed by atoms with E-state index in [1.54, 1.807) is 12.7 Å². The van der Waals surface area contributed by atoms with E-state index < -0.39 is 0 Å². The first-order valence-electron chi connectivity index (χ1n) is 7.59. The molecule has 0 spiro atoms. The summed E-state index contributed by atoms with van der Waals surface area (Å²) in [4.78, 5) is 16.4. The fourth-order valence-electron chi connectivity index (χ4n) is 2.74. The third kappa shape index (κ3) is 3.71. The topological polar surface area (TPSA) is 54.3 Å². The van der Waals surface area contributed by atoms with Crippen LogP contribution < -0.4 is 0 Å². The molecule has 116 valence electrons. The zero-order valence-corrected chi connectivity index (χ0v) is 12.9. The molecule has 0 aliphatic carbocycles. The fourth-order valence-corrected chi connectivity index (χ4v) is 2.74. The van der Waals surface area contributed by atoms with Crippen molar-refractivity contribution in [2.75, 3.05) is 26.2 Å². The molecule has 6 heteroatoms. The Hall–Kier alpha value is -2.21. The van der Waals surface area contributed by atoms with Crippen molar-refractivity contribution in [1.29, 1.82) is 0 Å². The third-order valence-electron chi connectivity index (χ3n) is 3.99. The van der Waals surface area contributed by atoms with Gasteiger partial charge in [0.25, 0.3) is 0 Å². The van der Waals surface area contributed by atoms with E-state index in [-0.39, 0.29) is 5.91 Å². The van der Waals surface area contributed by atoms with Gasteiger partial charge in [0.1, 0.15) is 12.7 Å². The van der Waals surface area contributed by atoms with Crippen LogP contribution in [-0.2, 0) is 17.9 Å². The lowest BCUT2D eigenvalue weighted by Gasteiger charge is -2.34. The van der Waals surface area contributed by atoms with E-state index in [0.29, 0.717) is 13.1 Å². The predicted octanol–water partition coefficient (Wildman–Crippen LogP) is 0.931. The predicted molar refractivity (Wildman–Crippen MR) is 83.1 cm³/mol. The Bertz CT molecular complexity index is 625. The molecule has 0 saturated carbocycles. The van der Waals surface area contributed by atoms with Crippen molar-refractivity contribution in [2.24, 2.45) is 0 Å². The molecule has 0 radical (unpaired) electrons. The van der Waals surface area contributed by atoms with Crippen LogP contribution in [0.2, 0.25) is 0 Å². The highest BCUT2D eigenvalue weighted by atomic mass is 16.2. The lowest BCUT2D eigenvalue weighted by atomic mass is 10.1. The van der Waals surface area contributed by atoms with Gasteiger partial charge < -0.3 is 9.47 Å². The van der Waals surface area contributed by atoms with E-state index in [9.17, 15) is 4.79 Å². The second-order valence-electron chi connectivity index (χ2n) is 5.78. The molecule has 2 heterocycles. The highest BCUT2D eigenvalue weighted by Crippen LogP contribution is 2.11. The molecule has 1 aromatic heterocycles. The Morgan fingerprint density at radius 2 is 1.95 bits per heavy atom. The van der Waals surface area contributed by atoms with E-state index in [1.807, 2.05) is 15.5 Å². The van der Waals surface area contributed by atoms with Gasteiger partial charge in [-0.1, -0.05) is 29.8 Å². The molecular formula is C16H21N5O. The molecule has 0 N–H and O–H groups in total. The number of benzene rings is 1. The zero-order chi connectivity index (χ0) is 15.4. The molecule has 1 aromatic carbocycles. The SMILES string of the molecule is Cc1cccc(CN2CCN(CCn3cnnc3)CC2=O)c1. The number of rotatable bonds is 5. The van der Waals surface area contributed by atoms with Gasteiger partial charge in [0.15, 0.2) is 0 Å². The Kier molecular flexibility index (Phi) is 4.48. The molecule has 0 atom stereocenters. The molecule has 1 aliphatic rings. The number of hydrogen-bond donors (Lipinski definition) is 0. The maximum Gasteiger partial charge on any atom is 0.237 e. The van der Waals surface area contributed by atoms with Crippen LogP contribution in [0.3, 0.4) is 0 Å². The van der Waals surface area contributed by atoms with E-state index in [0.717, 1.165) is 26.2 Å². The number of carbonyl (C=O) groups is 1. The smallest absolute Gasteiger partial charge is 0.237 e. The molecule has 22 heavy (non-hydrogen) atoms. The van der Waals surface area contributed by atoms with Gasteiger partial charge in [0.05, 0.1) is 6.54 Å². The number of amides is 1. The van der Waals surface area contributed by atoms with Crippen molar-refractivity contribution < 1.29 is 4.79 Å². The van der Waals surface area contributed by atoms with Crippen molar-refractivity contribution in [3.05, 3.63) is 48.0 Å². The highest BCUT2D eigenvalue weighted by Gasteiger charge is 2.23. The van der Waals surface area contributed by atoms with Gasteiger partial charge in [-0.15, -0.1) is 10.2 Å². The van der Waals surface area contributed by atoms with Gasteiger partial charge in [-0.25, -0.2) is 0 Å². The minimum absolute atomic E-state index is 0.205. The Morgan fingerprint density at radius 3 is 2.68 bits per heavy atom. The first-order valence-corrected chi connectivity index (χ1v) is 7.59. The summed E-state index contributed by atoms with van der Waals surface area (Å²) < 4.78 is 1.93. The van der Waals surface area contributed by atoms with Crippen LogP contribution in [0.15, 0.2) is 36.9 Å². The zero-order valence-electron chi connectivity index (χ0n) is 12.9. The molecule has 0 bridgehead atoms. The Balaban J connectivity index is 1.50. The number of nitrogens with zero attached hydrogens (tertiary/aromatic N) is 5. The standard InChI is InChI=1S/C16H21N5O/c1-14-3-2-4-15(9-14)10-21-8-7-19(11-16(21)22)5-6-20-12-17-18-13-20/h2-4,9,12-13H,5-8,10-11H2,1H3. The van der Waals surface area contributed by atoms with Gasteiger partial charge in [0.2, 0.25) is 5.91 Å². The second-order valence-corrected chi connectivity index (χ2v) is 5.78. The fraction of sp³-hybridized carbons (Fsp3) is 0.438. The Morgan fingerprint density at radius 1 is 1.14 bits per heavy atom. The van der Waals surface area contributed by atoms with Gasteiger partial charge in [0, 0.05) is 32.7 Å². The van der Waals surface area contributed by atoms with Crippen LogP contribution in [0, 0.1) is 6.92 Å². The van der Waals surface area contributed by atoms with Crippen molar-refractivity contribution >= 4 is 5.91 Å². The van der Waals surface area contributed by atoms with Crippen molar-refractivity contribution in [3.8, 4) is 0 Å². The molecule has 0 unspecified atom stereocenters. The van der Waals surface area contributed by atoms with Crippen LogP contribution in [0.5, 0.6) is 0 Å². The molecular weight excluding hydrogens is 278 g/mol. The first kappa shape index (κ1) is 14.7. The van der Waals surface area contributed by atoms with Crippen molar-refractivity contribution in [3.63, 3.8) is 0 Å². The lowest BCUT2D eigenvalue weighted by molar-refractivity contribution is -0.136. The number of aryl methyl sites for hydroxylation is 1. The third-order valence-corrected chi connectivity index (χ3v) is 3.99. The summed E-state index contributed by atoms with van der Waals surface area (Å²) >= 11 is 0. The summed E-state index contributed by atoms with van der Waals surface area (Å²) in [7, 11) is 0. The highest BCUT2D eigenvalue weighted by molar-refractivity contribution is 5.79. The van der Waals surface area contributed by atoms with E-state index >= 15 is 0 Å². The molecule has 2 aromatic rings. The average molecular weight is 299 g/mol. The summed E-state index contributed by atoms with van der Waals surface area (Å²) in [5, 5.41) is 7.57. The Labute approximate surface area is 130 Å². The van der Waals surface area contributed by atoms with Crippen molar-refractivity contribution in [2.45, 2.75) is 20.0 Å². The molecule has 6 nitrogen and oxygen atoms in total. The van der Waals surface area contributed by atoms with Crippen molar-refractivity contribution in [1.82, 2.24) is 24.6 Å². The number of carbonyl (C=O) groups excluding carboxylic acids is 1. The number of piperazine rings is 1. The van der Waals surface area contributed by atoms with E-state index in [2.05, 4.69) is 40.2 Å². The molecule has 1 saturated heterocycles. The first-order chi connectivity index (χ1) is 10.7. The summed E-state index contributed by atoms with van der Waals surface area (Å²) in [6.07, 6.45) is 3.41. The molecule has 1 amide bonds. The minimum atomic E-state index is 0.205. The van der Waals surface area contributed by atoms with E-state index in [1.165, 1.54) is 11.1 Å². The average Bonchev–Trinajstić information content (AvgIpc) is 3.01. The van der Waals surface area contributed by atoms with Gasteiger partial charge >= 0.3 is 0 Å².